The highest BCUT2D eigenvalue weighted by molar-refractivity contribution is 7.28. The average Bonchev–Trinajstić information content (AvgIpc) is 2.81. The minimum atomic E-state index is -0.291. The van der Waals surface area contributed by atoms with Gasteiger partial charge in [-0.15, -0.1) is 9.24 Å². The first-order chi connectivity index (χ1) is 15.0. The fourth-order valence-corrected chi connectivity index (χ4v) is 3.22. The Labute approximate surface area is 186 Å². The molecule has 0 radical (unpaired) electrons. The molecule has 3 rings (SSSR count). The van der Waals surface area contributed by atoms with Gasteiger partial charge in [-0.05, 0) is 41.1 Å². The smallest absolute Gasteiger partial charge is 0.323 e. The summed E-state index contributed by atoms with van der Waals surface area (Å²) in [5, 5.41) is 13.6. The van der Waals surface area contributed by atoms with Crippen molar-refractivity contribution in [2.24, 2.45) is 5.92 Å². The maximum atomic E-state index is 12.3. The lowest BCUT2D eigenvalue weighted by atomic mass is 9.95. The van der Waals surface area contributed by atoms with Crippen LogP contribution in [0.4, 0.5) is 16.2 Å². The Kier molecular flexibility index (Phi) is 9.39. The van der Waals surface area contributed by atoms with Gasteiger partial charge in [-0.2, -0.15) is 0 Å². The lowest BCUT2D eigenvalue weighted by Gasteiger charge is -2.11. The van der Waals surface area contributed by atoms with E-state index in [1.807, 2.05) is 86.6 Å². The van der Waals surface area contributed by atoms with E-state index in [0.717, 1.165) is 41.2 Å². The molecule has 0 saturated heterocycles. The first-order valence-corrected chi connectivity index (χ1v) is 10.7. The summed E-state index contributed by atoms with van der Waals surface area (Å²) in [6.07, 6.45) is 0.839. The summed E-state index contributed by atoms with van der Waals surface area (Å²) in [7, 11) is 3.60. The second-order valence-corrected chi connectivity index (χ2v) is 7.62. The Morgan fingerprint density at radius 3 is 1.97 bits per heavy atom. The molecule has 2 atom stereocenters. The zero-order valence-corrected chi connectivity index (χ0v) is 19.2. The van der Waals surface area contributed by atoms with Gasteiger partial charge >= 0.3 is 6.03 Å². The number of aliphatic hydroxyl groups is 1. The highest BCUT2D eigenvalue weighted by Crippen LogP contribution is 2.23. The van der Waals surface area contributed by atoms with Crippen LogP contribution in [0.5, 0.6) is 0 Å². The first kappa shape index (κ1) is 24.3. The molecule has 2 amide bonds. The van der Waals surface area contributed by atoms with E-state index in [4.69, 9.17) is 5.11 Å². The summed E-state index contributed by atoms with van der Waals surface area (Å²) in [6.45, 7) is 3.98. The number of hydrogen-bond donors (Lipinski definition) is 3. The molecule has 3 aromatic rings. The van der Waals surface area contributed by atoms with Gasteiger partial charge in [-0.25, -0.2) is 4.79 Å². The van der Waals surface area contributed by atoms with Gasteiger partial charge in [0.25, 0.3) is 0 Å². The number of ketones is 1. The van der Waals surface area contributed by atoms with Crippen LogP contribution in [0.2, 0.25) is 0 Å². The van der Waals surface area contributed by atoms with Crippen LogP contribution in [0.3, 0.4) is 0 Å². The van der Waals surface area contributed by atoms with Gasteiger partial charge in [0.15, 0.2) is 5.78 Å². The van der Waals surface area contributed by atoms with Gasteiger partial charge < -0.3 is 15.7 Å². The second kappa shape index (κ2) is 12.0. The Hall–Kier alpha value is -3.01. The Morgan fingerprint density at radius 1 is 0.871 bits per heavy atom. The molecule has 3 aromatic carbocycles. The fraction of sp³-hybridized carbons (Fsp3) is 0.200. The van der Waals surface area contributed by atoms with Crippen LogP contribution in [0.15, 0.2) is 72.8 Å². The summed E-state index contributed by atoms with van der Waals surface area (Å²) < 4.78 is 0. The molecule has 0 saturated carbocycles. The van der Waals surface area contributed by atoms with Crippen molar-refractivity contribution in [3.8, 4) is 11.1 Å². The van der Waals surface area contributed by atoms with Crippen molar-refractivity contribution in [1.29, 1.82) is 0 Å². The largest absolute Gasteiger partial charge is 0.400 e. The molecule has 3 N–H and O–H groups in total. The molecule has 0 bridgehead atoms. The molecule has 0 aromatic heterocycles. The summed E-state index contributed by atoms with van der Waals surface area (Å²) in [4.78, 5) is 24.5. The van der Waals surface area contributed by atoms with E-state index >= 15 is 0 Å². The lowest BCUT2D eigenvalue weighted by molar-refractivity contribution is 0.0927. The van der Waals surface area contributed by atoms with Crippen LogP contribution >= 0.6 is 9.24 Å². The normalized spacial score (nSPS) is 11.0. The fourth-order valence-electron chi connectivity index (χ4n) is 2.94. The van der Waals surface area contributed by atoms with Crippen molar-refractivity contribution in [2.75, 3.05) is 17.7 Å². The number of benzene rings is 3. The summed E-state index contributed by atoms with van der Waals surface area (Å²) in [5.41, 5.74) is 4.24. The van der Waals surface area contributed by atoms with E-state index in [2.05, 4.69) is 19.9 Å². The van der Waals surface area contributed by atoms with E-state index in [1.54, 1.807) is 0 Å². The number of carbonyl (C=O) groups is 2. The third-order valence-electron chi connectivity index (χ3n) is 4.91. The van der Waals surface area contributed by atoms with Gasteiger partial charge in [-0.3, -0.25) is 4.79 Å². The Balaban J connectivity index is 0.00000166. The Bertz CT molecular complexity index is 1000. The molecule has 0 aliphatic rings. The van der Waals surface area contributed by atoms with Gasteiger partial charge in [0.2, 0.25) is 0 Å². The van der Waals surface area contributed by atoms with Gasteiger partial charge in [-0.1, -0.05) is 68.4 Å². The van der Waals surface area contributed by atoms with Crippen molar-refractivity contribution in [3.05, 3.63) is 78.4 Å². The van der Waals surface area contributed by atoms with E-state index < -0.39 is 0 Å². The third-order valence-corrected chi connectivity index (χ3v) is 5.42. The van der Waals surface area contributed by atoms with Crippen LogP contribution < -0.4 is 15.9 Å². The van der Waals surface area contributed by atoms with Gasteiger partial charge in [0, 0.05) is 30.0 Å². The van der Waals surface area contributed by atoms with Crippen LogP contribution in [-0.2, 0) is 0 Å². The molecule has 31 heavy (non-hydrogen) atoms. The highest BCUT2D eigenvalue weighted by Gasteiger charge is 2.13. The van der Waals surface area contributed by atoms with Crippen molar-refractivity contribution in [1.82, 2.24) is 0 Å². The van der Waals surface area contributed by atoms with Crippen LogP contribution in [-0.4, -0.2) is 24.0 Å². The van der Waals surface area contributed by atoms with Gasteiger partial charge in [0.1, 0.15) is 0 Å². The number of Topliss-reactive ketones (excluding diaryl/α,β-unsaturated/α-hetero) is 1. The third kappa shape index (κ3) is 6.74. The number of anilines is 2. The molecule has 0 spiro atoms. The van der Waals surface area contributed by atoms with Crippen molar-refractivity contribution in [3.63, 3.8) is 0 Å². The van der Waals surface area contributed by atoms with Crippen LogP contribution in [0.25, 0.3) is 11.1 Å². The first-order valence-electron chi connectivity index (χ1n) is 10.1. The minimum absolute atomic E-state index is 0.0376. The van der Waals surface area contributed by atoms with E-state index in [1.165, 1.54) is 0 Å². The predicted octanol–water partition coefficient (Wildman–Crippen LogP) is 5.34. The standard InChI is InChI=1S/C24H25N2O2P.CH4O/c1-3-16(2)23(27)19-10-8-17(9-11-19)18-12-14-20(15-13-18)25-24(28)26-21-6-4-5-7-22(21)29;1-2/h4-16H,3,29H2,1-2H3,(H2,25,26,28);2H,1H3. The summed E-state index contributed by atoms with van der Waals surface area (Å²) >= 11 is 0. The number of aliphatic hydroxyl groups excluding tert-OH is 1. The minimum Gasteiger partial charge on any atom is -0.400 e. The number of amides is 2. The molecule has 162 valence electrons. The molecule has 0 fully saturated rings. The summed E-state index contributed by atoms with van der Waals surface area (Å²) in [6, 6.07) is 22.6. The highest BCUT2D eigenvalue weighted by atomic mass is 31.0. The van der Waals surface area contributed by atoms with Crippen molar-refractivity contribution >= 4 is 37.7 Å². The monoisotopic (exact) mass is 436 g/mol. The maximum absolute atomic E-state index is 12.3. The molecular formula is C25H29N2O3P. The molecule has 0 aliphatic heterocycles. The number of hydrogen-bond acceptors (Lipinski definition) is 3. The molecule has 2 unspecified atom stereocenters. The van der Waals surface area contributed by atoms with Gasteiger partial charge in [0.05, 0.1) is 0 Å². The molecule has 5 nitrogen and oxygen atoms in total. The number of rotatable bonds is 6. The van der Waals surface area contributed by atoms with Crippen LogP contribution in [0, 0.1) is 5.92 Å². The predicted molar refractivity (Wildman–Crippen MR) is 132 cm³/mol. The quantitative estimate of drug-likeness (QED) is 0.361. The maximum Gasteiger partial charge on any atom is 0.323 e. The second-order valence-electron chi connectivity index (χ2n) is 6.99. The topological polar surface area (TPSA) is 78.4 Å². The molecule has 0 aliphatic carbocycles. The molecular weight excluding hydrogens is 407 g/mol. The SMILES string of the molecule is CCC(C)C(=O)c1ccc(-c2ccc(NC(=O)Nc3ccccc3P)cc2)cc1.CO. The molecule has 6 heteroatoms. The Morgan fingerprint density at radius 2 is 1.42 bits per heavy atom. The van der Waals surface area contributed by atoms with Crippen molar-refractivity contribution in [2.45, 2.75) is 20.3 Å². The number of carbonyl (C=O) groups excluding carboxylic acids is 2. The number of urea groups is 1. The summed E-state index contributed by atoms with van der Waals surface area (Å²) in [5.74, 6) is 0.215. The zero-order chi connectivity index (χ0) is 22.8. The van der Waals surface area contributed by atoms with Crippen molar-refractivity contribution < 1.29 is 14.7 Å². The molecule has 0 heterocycles. The average molecular weight is 436 g/mol. The van der Waals surface area contributed by atoms with E-state index in [-0.39, 0.29) is 17.7 Å². The number of nitrogens with one attached hydrogen (secondary N) is 2. The van der Waals surface area contributed by atoms with Crippen LogP contribution in [0.1, 0.15) is 30.6 Å². The zero-order valence-electron chi connectivity index (χ0n) is 18.1. The lowest BCUT2D eigenvalue weighted by Crippen LogP contribution is -2.21. The van der Waals surface area contributed by atoms with E-state index in [0.29, 0.717) is 5.69 Å². The van der Waals surface area contributed by atoms with E-state index in [9.17, 15) is 9.59 Å². The number of para-hydroxylation sites is 1.